The van der Waals surface area contributed by atoms with Crippen molar-refractivity contribution in [2.75, 3.05) is 20.8 Å². The number of carbonyl (C=O) groups is 2. The van der Waals surface area contributed by atoms with Gasteiger partial charge in [0.15, 0.2) is 0 Å². The first-order chi connectivity index (χ1) is 17.4. The Bertz CT molecular complexity index is 1350. The minimum atomic E-state index is -4.57. The summed E-state index contributed by atoms with van der Waals surface area (Å²) in [6, 6.07) is 3.07. The van der Waals surface area contributed by atoms with E-state index in [9.17, 15) is 22.8 Å². The number of halogens is 3. The van der Waals surface area contributed by atoms with Crippen LogP contribution in [0.1, 0.15) is 28.7 Å². The Balaban J connectivity index is 1.66. The molecule has 0 saturated carbocycles. The molecule has 13 heteroatoms. The Morgan fingerprint density at radius 2 is 1.86 bits per heavy atom. The number of carbonyl (C=O) groups excluding carboxylic acids is 1. The summed E-state index contributed by atoms with van der Waals surface area (Å²) in [7, 11) is 2.61. The Morgan fingerprint density at radius 3 is 2.46 bits per heavy atom. The Kier molecular flexibility index (Phi) is 6.72. The summed E-state index contributed by atoms with van der Waals surface area (Å²) >= 11 is 0. The van der Waals surface area contributed by atoms with Crippen molar-refractivity contribution in [1.82, 2.24) is 24.6 Å². The van der Waals surface area contributed by atoms with E-state index in [0.717, 1.165) is 11.4 Å². The number of alkyl halides is 3. The van der Waals surface area contributed by atoms with Gasteiger partial charge in [-0.3, -0.25) is 14.3 Å². The fourth-order valence-corrected chi connectivity index (χ4v) is 4.17. The van der Waals surface area contributed by atoms with Crippen LogP contribution in [0.3, 0.4) is 0 Å². The molecule has 3 aromatic rings. The second-order valence-corrected chi connectivity index (χ2v) is 8.71. The number of carboxylic acids is 1. The smallest absolute Gasteiger partial charge is 0.405 e. The van der Waals surface area contributed by atoms with Gasteiger partial charge in [-0.2, -0.15) is 18.3 Å². The molecule has 10 nitrogen and oxygen atoms in total. The third kappa shape index (κ3) is 5.29. The molecule has 0 spiro atoms. The van der Waals surface area contributed by atoms with Gasteiger partial charge >= 0.3 is 12.1 Å². The zero-order valence-electron chi connectivity index (χ0n) is 20.2. The van der Waals surface area contributed by atoms with Crippen molar-refractivity contribution in [3.8, 4) is 22.8 Å². The number of ether oxygens (including phenoxy) is 2. The second-order valence-electron chi connectivity index (χ2n) is 8.71. The predicted octanol–water partition coefficient (Wildman–Crippen LogP) is 3.13. The number of imidazole rings is 1. The molecule has 1 aliphatic heterocycles. The highest BCUT2D eigenvalue weighted by molar-refractivity contribution is 6.00. The molecule has 2 aromatic heterocycles. The number of nitrogens with zero attached hydrogens (tertiary/aromatic N) is 4. The first-order valence-electron chi connectivity index (χ1n) is 11.1. The maximum atomic E-state index is 12.6. The van der Waals surface area contributed by atoms with E-state index in [1.807, 2.05) is 29.1 Å². The molecule has 1 amide bonds. The first-order valence-corrected chi connectivity index (χ1v) is 11.1. The van der Waals surface area contributed by atoms with Crippen molar-refractivity contribution < 1.29 is 37.3 Å². The summed E-state index contributed by atoms with van der Waals surface area (Å²) in [6.07, 6.45) is 4.68. The van der Waals surface area contributed by atoms with Crippen LogP contribution in [-0.4, -0.2) is 63.3 Å². The monoisotopic (exact) mass is 519 g/mol. The SMILES string of the molecule is COc1cc(-c2cnc3n2C=CC(C)(c2cnn(CC(=O)O)c2)C3)cc(OC)c1C(=O)NCC(F)(F)F. The van der Waals surface area contributed by atoms with E-state index in [1.165, 1.54) is 31.0 Å². The summed E-state index contributed by atoms with van der Waals surface area (Å²) in [5.41, 5.74) is 1.41. The standard InChI is InChI=1S/C24H24F3N5O5/c1-23(15-9-30-31(11-15)12-20(33)34)4-5-32-16(10-28-19(32)8-23)14-6-17(36-2)21(18(7-14)37-3)22(35)29-13-24(25,26)27/h4-7,9-11H,8,12-13H2,1-3H3,(H,29,35)(H,33,34). The van der Waals surface area contributed by atoms with E-state index in [4.69, 9.17) is 14.6 Å². The van der Waals surface area contributed by atoms with Crippen LogP contribution in [0.25, 0.3) is 17.5 Å². The molecular formula is C24H24F3N5O5. The molecule has 1 aromatic carbocycles. The number of aliphatic carboxylic acids is 1. The lowest BCUT2D eigenvalue weighted by molar-refractivity contribution is -0.137. The molecule has 2 N–H and O–H groups in total. The van der Waals surface area contributed by atoms with Crippen molar-refractivity contribution in [3.63, 3.8) is 0 Å². The number of fused-ring (bicyclic) bond motifs is 1. The van der Waals surface area contributed by atoms with Gasteiger partial charge in [0.25, 0.3) is 5.91 Å². The van der Waals surface area contributed by atoms with Crippen molar-refractivity contribution in [3.05, 3.63) is 53.8 Å². The molecule has 1 unspecified atom stereocenters. The van der Waals surface area contributed by atoms with Crippen LogP contribution < -0.4 is 14.8 Å². The molecule has 4 rings (SSSR count). The van der Waals surface area contributed by atoms with E-state index in [-0.39, 0.29) is 23.6 Å². The topological polar surface area (TPSA) is 120 Å². The molecule has 0 saturated heterocycles. The van der Waals surface area contributed by atoms with Gasteiger partial charge in [0.2, 0.25) is 0 Å². The van der Waals surface area contributed by atoms with Crippen molar-refractivity contribution in [1.29, 1.82) is 0 Å². The van der Waals surface area contributed by atoms with E-state index in [2.05, 4.69) is 10.1 Å². The Labute approximate surface area is 209 Å². The number of rotatable bonds is 8. The number of methoxy groups -OCH3 is 2. The number of amides is 1. The summed E-state index contributed by atoms with van der Waals surface area (Å²) in [5, 5.41) is 15.0. The van der Waals surface area contributed by atoms with Gasteiger partial charge in [-0.1, -0.05) is 13.0 Å². The van der Waals surface area contributed by atoms with Gasteiger partial charge in [-0.25, -0.2) is 4.98 Å². The lowest BCUT2D eigenvalue weighted by Gasteiger charge is -2.28. The fourth-order valence-electron chi connectivity index (χ4n) is 4.17. The molecule has 0 bridgehead atoms. The third-order valence-electron chi connectivity index (χ3n) is 6.06. The van der Waals surface area contributed by atoms with Gasteiger partial charge in [0.05, 0.1) is 32.3 Å². The quantitative estimate of drug-likeness (QED) is 0.469. The predicted molar refractivity (Wildman–Crippen MR) is 125 cm³/mol. The van der Waals surface area contributed by atoms with E-state index in [1.54, 1.807) is 18.6 Å². The van der Waals surface area contributed by atoms with Crippen LogP contribution in [0.5, 0.6) is 11.5 Å². The van der Waals surface area contributed by atoms with E-state index in [0.29, 0.717) is 17.7 Å². The number of allylic oxidation sites excluding steroid dienone is 1. The summed E-state index contributed by atoms with van der Waals surface area (Å²) in [4.78, 5) is 28.0. The molecule has 0 fully saturated rings. The lowest BCUT2D eigenvalue weighted by Crippen LogP contribution is -2.34. The lowest BCUT2D eigenvalue weighted by atomic mass is 9.79. The van der Waals surface area contributed by atoms with Crippen molar-refractivity contribution in [2.24, 2.45) is 0 Å². The number of benzene rings is 1. The van der Waals surface area contributed by atoms with Crippen LogP contribution >= 0.6 is 0 Å². The molecule has 37 heavy (non-hydrogen) atoms. The zero-order valence-corrected chi connectivity index (χ0v) is 20.2. The highest BCUT2D eigenvalue weighted by atomic mass is 19.4. The zero-order chi connectivity index (χ0) is 27.0. The highest BCUT2D eigenvalue weighted by Gasteiger charge is 2.33. The van der Waals surface area contributed by atoms with Gasteiger partial charge < -0.3 is 24.5 Å². The van der Waals surface area contributed by atoms with E-state index < -0.39 is 30.0 Å². The maximum Gasteiger partial charge on any atom is 0.405 e. The van der Waals surface area contributed by atoms with Gasteiger partial charge in [0, 0.05) is 35.4 Å². The van der Waals surface area contributed by atoms with Crippen LogP contribution in [0.4, 0.5) is 13.2 Å². The van der Waals surface area contributed by atoms with Gasteiger partial charge in [-0.15, -0.1) is 0 Å². The normalized spacial score (nSPS) is 16.8. The van der Waals surface area contributed by atoms with Gasteiger partial charge in [-0.05, 0) is 12.1 Å². The van der Waals surface area contributed by atoms with Gasteiger partial charge in [0.1, 0.15) is 36.0 Å². The average molecular weight is 519 g/mol. The second kappa shape index (κ2) is 9.64. The summed E-state index contributed by atoms with van der Waals surface area (Å²) in [6.45, 7) is 0.255. The van der Waals surface area contributed by atoms with Crippen molar-refractivity contribution >= 4 is 18.1 Å². The fraction of sp³-hybridized carbons (Fsp3) is 0.333. The molecule has 0 aliphatic carbocycles. The third-order valence-corrected chi connectivity index (χ3v) is 6.06. The molecule has 3 heterocycles. The number of carboxylic acid groups (broad SMARTS) is 1. The summed E-state index contributed by atoms with van der Waals surface area (Å²) < 4.78 is 51.6. The molecule has 196 valence electrons. The molecule has 1 aliphatic rings. The van der Waals surface area contributed by atoms with Crippen LogP contribution in [0, 0.1) is 0 Å². The largest absolute Gasteiger partial charge is 0.496 e. The number of aromatic nitrogens is 4. The first kappa shape index (κ1) is 25.8. The van der Waals surface area contributed by atoms with E-state index >= 15 is 0 Å². The van der Waals surface area contributed by atoms with Crippen LogP contribution in [0.15, 0.2) is 36.8 Å². The number of hydrogen-bond donors (Lipinski definition) is 2. The number of nitrogens with one attached hydrogen (secondary N) is 1. The molecule has 1 atom stereocenters. The average Bonchev–Trinajstić information content (AvgIpc) is 3.47. The van der Waals surface area contributed by atoms with Crippen LogP contribution in [-0.2, 0) is 23.2 Å². The number of hydrogen-bond acceptors (Lipinski definition) is 6. The van der Waals surface area contributed by atoms with Crippen molar-refractivity contribution in [2.45, 2.75) is 31.5 Å². The minimum Gasteiger partial charge on any atom is -0.496 e. The Hall–Kier alpha value is -4.29. The maximum absolute atomic E-state index is 12.6. The van der Waals surface area contributed by atoms with Crippen LogP contribution in [0.2, 0.25) is 0 Å². The molecule has 0 radical (unpaired) electrons. The minimum absolute atomic E-state index is 0.0417. The highest BCUT2D eigenvalue weighted by Crippen LogP contribution is 2.39. The summed E-state index contributed by atoms with van der Waals surface area (Å²) in [5.74, 6) is -1.17. The molecular weight excluding hydrogens is 495 g/mol. The Morgan fingerprint density at radius 1 is 1.19 bits per heavy atom.